The van der Waals surface area contributed by atoms with Crippen LogP contribution in [0.25, 0.3) is 0 Å². The predicted molar refractivity (Wildman–Crippen MR) is 85.8 cm³/mol. The van der Waals surface area contributed by atoms with Gasteiger partial charge in [-0.1, -0.05) is 52.9 Å². The summed E-state index contributed by atoms with van der Waals surface area (Å²) in [6.45, 7) is 11.4. The third kappa shape index (κ3) is 10.3. The Balaban J connectivity index is 3.94. The van der Waals surface area contributed by atoms with E-state index in [2.05, 4.69) is 31.2 Å². The highest BCUT2D eigenvalue weighted by Crippen LogP contribution is 2.13. The van der Waals surface area contributed by atoms with Gasteiger partial charge in [0, 0.05) is 19.1 Å². The second-order valence-corrected chi connectivity index (χ2v) is 5.36. The van der Waals surface area contributed by atoms with Crippen LogP contribution in [0.2, 0.25) is 0 Å². The summed E-state index contributed by atoms with van der Waals surface area (Å²) < 4.78 is 0. The molecular weight excluding hydrogens is 234 g/mol. The van der Waals surface area contributed by atoms with Gasteiger partial charge in [-0.25, -0.2) is 5.01 Å². The van der Waals surface area contributed by atoms with Crippen molar-refractivity contribution in [2.45, 2.75) is 77.7 Å². The lowest BCUT2D eigenvalue weighted by molar-refractivity contribution is 0.110. The summed E-state index contributed by atoms with van der Waals surface area (Å²) >= 11 is 0. The molecule has 0 spiro atoms. The SMILES string of the molecule is [CH2]CCCCCCC(CC)N(CCC)NCCCN. The van der Waals surface area contributed by atoms with Crippen LogP contribution in [-0.2, 0) is 0 Å². The Labute approximate surface area is 121 Å². The number of unbranched alkanes of at least 4 members (excludes halogenated alkanes) is 4. The number of nitrogens with two attached hydrogens (primary N) is 1. The van der Waals surface area contributed by atoms with Crippen molar-refractivity contribution >= 4 is 0 Å². The zero-order valence-electron chi connectivity index (χ0n) is 13.3. The van der Waals surface area contributed by atoms with Crippen molar-refractivity contribution in [1.82, 2.24) is 10.4 Å². The maximum absolute atomic E-state index is 5.56. The van der Waals surface area contributed by atoms with Crippen molar-refractivity contribution in [2.75, 3.05) is 19.6 Å². The molecule has 0 aliphatic rings. The van der Waals surface area contributed by atoms with E-state index in [1.54, 1.807) is 0 Å². The van der Waals surface area contributed by atoms with E-state index >= 15 is 0 Å². The normalized spacial score (nSPS) is 13.1. The molecule has 0 aromatic heterocycles. The van der Waals surface area contributed by atoms with Gasteiger partial charge in [-0.3, -0.25) is 5.43 Å². The minimum absolute atomic E-state index is 0.678. The largest absolute Gasteiger partial charge is 0.330 e. The molecule has 0 aromatic carbocycles. The molecule has 19 heavy (non-hydrogen) atoms. The van der Waals surface area contributed by atoms with E-state index in [0.29, 0.717) is 6.04 Å². The smallest absolute Gasteiger partial charge is 0.0240 e. The fourth-order valence-corrected chi connectivity index (χ4v) is 2.45. The summed E-state index contributed by atoms with van der Waals surface area (Å²) in [5.74, 6) is 0. The molecule has 3 nitrogen and oxygen atoms in total. The second kappa shape index (κ2) is 14.3. The van der Waals surface area contributed by atoms with Crippen LogP contribution in [0, 0.1) is 6.92 Å². The molecule has 115 valence electrons. The van der Waals surface area contributed by atoms with E-state index in [9.17, 15) is 0 Å². The fraction of sp³-hybridized carbons (Fsp3) is 0.938. The van der Waals surface area contributed by atoms with Crippen molar-refractivity contribution < 1.29 is 0 Å². The van der Waals surface area contributed by atoms with Gasteiger partial charge >= 0.3 is 0 Å². The van der Waals surface area contributed by atoms with Crippen molar-refractivity contribution in [2.24, 2.45) is 5.73 Å². The number of hydrogen-bond acceptors (Lipinski definition) is 3. The maximum atomic E-state index is 5.56. The molecule has 0 bridgehead atoms. The summed E-state index contributed by atoms with van der Waals surface area (Å²) in [4.78, 5) is 0. The molecule has 0 amide bonds. The molecule has 3 heteroatoms. The number of rotatable bonds is 14. The van der Waals surface area contributed by atoms with E-state index in [0.717, 1.165) is 32.5 Å². The van der Waals surface area contributed by atoms with Crippen LogP contribution >= 0.6 is 0 Å². The lowest BCUT2D eigenvalue weighted by Crippen LogP contribution is -2.46. The van der Waals surface area contributed by atoms with Gasteiger partial charge in [0.05, 0.1) is 0 Å². The van der Waals surface area contributed by atoms with Gasteiger partial charge in [0.25, 0.3) is 0 Å². The van der Waals surface area contributed by atoms with Crippen LogP contribution in [0.5, 0.6) is 0 Å². The Hall–Kier alpha value is -0.120. The lowest BCUT2D eigenvalue weighted by atomic mass is 10.0. The topological polar surface area (TPSA) is 41.3 Å². The molecule has 0 aliphatic carbocycles. The van der Waals surface area contributed by atoms with E-state index in [1.165, 1.54) is 44.9 Å². The summed E-state index contributed by atoms with van der Waals surface area (Å²) in [5.41, 5.74) is 9.13. The first-order valence-electron chi connectivity index (χ1n) is 8.29. The molecule has 3 N–H and O–H groups in total. The Morgan fingerprint density at radius 3 is 2.42 bits per heavy atom. The van der Waals surface area contributed by atoms with Gasteiger partial charge < -0.3 is 5.73 Å². The van der Waals surface area contributed by atoms with Gasteiger partial charge in [-0.2, -0.15) is 0 Å². The molecule has 1 unspecified atom stereocenters. The molecule has 0 aromatic rings. The van der Waals surface area contributed by atoms with Crippen LogP contribution in [-0.4, -0.2) is 30.7 Å². The van der Waals surface area contributed by atoms with Crippen LogP contribution in [0.15, 0.2) is 0 Å². The third-order valence-corrected chi connectivity index (χ3v) is 3.61. The first-order chi connectivity index (χ1) is 9.29. The highest BCUT2D eigenvalue weighted by atomic mass is 15.5. The van der Waals surface area contributed by atoms with Gasteiger partial charge in [0.15, 0.2) is 0 Å². The third-order valence-electron chi connectivity index (χ3n) is 3.61. The highest BCUT2D eigenvalue weighted by Gasteiger charge is 2.14. The molecule has 0 rings (SSSR count). The molecular formula is C16H36N3. The van der Waals surface area contributed by atoms with Gasteiger partial charge in [-0.15, -0.1) is 0 Å². The Bertz CT molecular complexity index is 173. The van der Waals surface area contributed by atoms with Gasteiger partial charge in [-0.05, 0) is 32.2 Å². The standard InChI is InChI=1S/C16H36N3/c1-4-7-8-9-10-12-16(6-3)19(15-5-2)18-14-11-13-17/h16,18H,1,4-15,17H2,2-3H3. The molecule has 0 fully saturated rings. The highest BCUT2D eigenvalue weighted by molar-refractivity contribution is 4.68. The average Bonchev–Trinajstić information content (AvgIpc) is 2.42. The summed E-state index contributed by atoms with van der Waals surface area (Å²) in [6.07, 6.45) is 11.2. The lowest BCUT2D eigenvalue weighted by Gasteiger charge is -2.31. The van der Waals surface area contributed by atoms with E-state index < -0.39 is 0 Å². The monoisotopic (exact) mass is 270 g/mol. The summed E-state index contributed by atoms with van der Waals surface area (Å²) in [7, 11) is 0. The average molecular weight is 270 g/mol. The minimum atomic E-state index is 0.678. The van der Waals surface area contributed by atoms with Crippen LogP contribution < -0.4 is 11.2 Å². The number of nitrogens with zero attached hydrogens (tertiary/aromatic N) is 1. The fourth-order valence-electron chi connectivity index (χ4n) is 2.45. The number of hydrazine groups is 1. The van der Waals surface area contributed by atoms with Crippen LogP contribution in [0.4, 0.5) is 0 Å². The Morgan fingerprint density at radius 2 is 1.84 bits per heavy atom. The zero-order chi connectivity index (χ0) is 14.3. The van der Waals surface area contributed by atoms with Crippen molar-refractivity contribution in [1.29, 1.82) is 0 Å². The molecule has 0 heterocycles. The van der Waals surface area contributed by atoms with E-state index in [4.69, 9.17) is 5.73 Å². The van der Waals surface area contributed by atoms with Crippen LogP contribution in [0.1, 0.15) is 71.6 Å². The van der Waals surface area contributed by atoms with Crippen molar-refractivity contribution in [3.05, 3.63) is 6.92 Å². The second-order valence-electron chi connectivity index (χ2n) is 5.36. The minimum Gasteiger partial charge on any atom is -0.330 e. The first-order valence-corrected chi connectivity index (χ1v) is 8.29. The quantitative estimate of drug-likeness (QED) is 0.375. The summed E-state index contributed by atoms with van der Waals surface area (Å²) in [6, 6.07) is 0.678. The van der Waals surface area contributed by atoms with Gasteiger partial charge in [0.2, 0.25) is 0 Å². The predicted octanol–water partition coefficient (Wildman–Crippen LogP) is 3.51. The van der Waals surface area contributed by atoms with Crippen molar-refractivity contribution in [3.63, 3.8) is 0 Å². The van der Waals surface area contributed by atoms with Crippen LogP contribution in [0.3, 0.4) is 0 Å². The molecule has 0 aliphatic heterocycles. The van der Waals surface area contributed by atoms with E-state index in [-0.39, 0.29) is 0 Å². The molecule has 0 saturated heterocycles. The zero-order valence-corrected chi connectivity index (χ0v) is 13.3. The van der Waals surface area contributed by atoms with Crippen molar-refractivity contribution in [3.8, 4) is 0 Å². The number of hydrogen-bond donors (Lipinski definition) is 2. The summed E-state index contributed by atoms with van der Waals surface area (Å²) in [5, 5.41) is 2.46. The molecule has 0 saturated carbocycles. The number of nitrogens with one attached hydrogen (secondary N) is 1. The Kier molecular flexibility index (Phi) is 14.2. The van der Waals surface area contributed by atoms with E-state index in [1.807, 2.05) is 0 Å². The molecule has 1 radical (unpaired) electrons. The molecule has 1 atom stereocenters. The Morgan fingerprint density at radius 1 is 1.11 bits per heavy atom. The van der Waals surface area contributed by atoms with Gasteiger partial charge in [0.1, 0.15) is 0 Å². The first kappa shape index (κ1) is 18.9. The maximum Gasteiger partial charge on any atom is 0.0240 e.